The van der Waals surface area contributed by atoms with Crippen LogP contribution in [0.15, 0.2) is 48.5 Å². The van der Waals surface area contributed by atoms with Crippen LogP contribution in [0.5, 0.6) is 5.75 Å². The minimum atomic E-state index is -0.213. The van der Waals surface area contributed by atoms with Crippen molar-refractivity contribution in [3.05, 3.63) is 65.2 Å². The Kier molecular flexibility index (Phi) is 3.96. The zero-order valence-corrected chi connectivity index (χ0v) is 13.3. The van der Waals surface area contributed by atoms with Gasteiger partial charge in [0.15, 0.2) is 0 Å². The molecule has 2 N–H and O–H groups in total. The van der Waals surface area contributed by atoms with Gasteiger partial charge in [-0.3, -0.25) is 0 Å². The highest BCUT2D eigenvalue weighted by atomic mass is 16.3. The molecule has 2 heteroatoms. The van der Waals surface area contributed by atoms with Crippen molar-refractivity contribution < 1.29 is 10.2 Å². The molecule has 22 heavy (non-hydrogen) atoms. The van der Waals surface area contributed by atoms with Gasteiger partial charge in [-0.1, -0.05) is 49.4 Å². The minimum Gasteiger partial charge on any atom is -0.508 e. The standard InChI is InChI=1S/C20H24O2/c1-14-12-17(8-9-18(14)21)20(16-6-4-3-5-7-16)11-10-19(22)15(2)13-20/h3-9,12,15,19,21-22H,10-11,13H2,1-2H3. The first-order chi connectivity index (χ1) is 10.5. The molecule has 116 valence electrons. The summed E-state index contributed by atoms with van der Waals surface area (Å²) in [5.74, 6) is 0.610. The molecule has 0 amide bonds. The second kappa shape index (κ2) is 5.77. The van der Waals surface area contributed by atoms with E-state index >= 15 is 0 Å². The van der Waals surface area contributed by atoms with Crippen LogP contribution in [0.4, 0.5) is 0 Å². The molecule has 0 radical (unpaired) electrons. The number of aromatic hydroxyl groups is 1. The van der Waals surface area contributed by atoms with Crippen LogP contribution in [0.25, 0.3) is 0 Å². The summed E-state index contributed by atoms with van der Waals surface area (Å²) in [4.78, 5) is 0. The fourth-order valence-corrected chi connectivity index (χ4v) is 3.87. The van der Waals surface area contributed by atoms with Crippen LogP contribution < -0.4 is 0 Å². The highest BCUT2D eigenvalue weighted by Crippen LogP contribution is 2.47. The molecule has 1 fully saturated rings. The Morgan fingerprint density at radius 3 is 2.41 bits per heavy atom. The van der Waals surface area contributed by atoms with Gasteiger partial charge < -0.3 is 10.2 Å². The quantitative estimate of drug-likeness (QED) is 0.873. The summed E-state index contributed by atoms with van der Waals surface area (Å²) in [6, 6.07) is 16.5. The Hall–Kier alpha value is -1.80. The topological polar surface area (TPSA) is 40.5 Å². The number of benzene rings is 2. The molecule has 3 atom stereocenters. The van der Waals surface area contributed by atoms with Crippen molar-refractivity contribution in [2.24, 2.45) is 5.92 Å². The highest BCUT2D eigenvalue weighted by Gasteiger charge is 2.41. The van der Waals surface area contributed by atoms with E-state index in [1.54, 1.807) is 6.07 Å². The molecule has 3 rings (SSSR count). The van der Waals surface area contributed by atoms with Gasteiger partial charge in [0.05, 0.1) is 6.10 Å². The number of hydrogen-bond acceptors (Lipinski definition) is 2. The first-order valence-corrected chi connectivity index (χ1v) is 8.06. The Balaban J connectivity index is 2.13. The lowest BCUT2D eigenvalue weighted by atomic mass is 9.62. The smallest absolute Gasteiger partial charge is 0.118 e. The first kappa shape index (κ1) is 15.1. The molecule has 0 bridgehead atoms. The normalized spacial score (nSPS) is 28.5. The first-order valence-electron chi connectivity index (χ1n) is 8.06. The van der Waals surface area contributed by atoms with Crippen molar-refractivity contribution in [1.29, 1.82) is 0 Å². The number of phenols is 1. The Morgan fingerprint density at radius 1 is 1.05 bits per heavy atom. The van der Waals surface area contributed by atoms with E-state index in [2.05, 4.69) is 37.3 Å². The van der Waals surface area contributed by atoms with Crippen LogP contribution >= 0.6 is 0 Å². The van der Waals surface area contributed by atoms with Gasteiger partial charge in [0.2, 0.25) is 0 Å². The number of phenolic OH excluding ortho intramolecular Hbond substituents is 1. The monoisotopic (exact) mass is 296 g/mol. The molecule has 3 unspecified atom stereocenters. The summed E-state index contributed by atoms with van der Waals surface area (Å²) in [5.41, 5.74) is 3.39. The maximum Gasteiger partial charge on any atom is 0.118 e. The summed E-state index contributed by atoms with van der Waals surface area (Å²) in [6.45, 7) is 4.08. The molecule has 2 aromatic carbocycles. The molecule has 0 heterocycles. The third kappa shape index (κ3) is 2.52. The fourth-order valence-electron chi connectivity index (χ4n) is 3.87. The van der Waals surface area contributed by atoms with E-state index in [0.717, 1.165) is 24.8 Å². The van der Waals surface area contributed by atoms with Crippen molar-refractivity contribution in [1.82, 2.24) is 0 Å². The third-order valence-electron chi connectivity index (χ3n) is 5.27. The van der Waals surface area contributed by atoms with Crippen molar-refractivity contribution in [3.8, 4) is 5.75 Å². The predicted molar refractivity (Wildman–Crippen MR) is 89.1 cm³/mol. The Bertz CT molecular complexity index is 650. The molecule has 1 aliphatic rings. The van der Waals surface area contributed by atoms with Crippen LogP contribution in [0, 0.1) is 12.8 Å². The van der Waals surface area contributed by atoms with Crippen molar-refractivity contribution in [2.45, 2.75) is 44.6 Å². The second-order valence-electron chi connectivity index (χ2n) is 6.74. The summed E-state index contributed by atoms with van der Waals surface area (Å²) in [6.07, 6.45) is 2.47. The van der Waals surface area contributed by atoms with Gasteiger partial charge >= 0.3 is 0 Å². The molecule has 0 saturated heterocycles. The minimum absolute atomic E-state index is 0.0711. The van der Waals surface area contributed by atoms with E-state index in [1.807, 2.05) is 19.1 Å². The molecular formula is C20H24O2. The predicted octanol–water partition coefficient (Wildman–Crippen LogP) is 4.17. The van der Waals surface area contributed by atoms with E-state index in [9.17, 15) is 10.2 Å². The summed E-state index contributed by atoms with van der Waals surface area (Å²) < 4.78 is 0. The molecule has 2 aromatic rings. The van der Waals surface area contributed by atoms with Crippen LogP contribution in [-0.4, -0.2) is 16.3 Å². The molecule has 0 spiro atoms. The second-order valence-corrected chi connectivity index (χ2v) is 6.74. The molecule has 0 aromatic heterocycles. The van der Waals surface area contributed by atoms with Crippen LogP contribution in [0.1, 0.15) is 42.9 Å². The average molecular weight is 296 g/mol. The molecule has 1 saturated carbocycles. The maximum atomic E-state index is 10.2. The lowest BCUT2D eigenvalue weighted by Gasteiger charge is -2.43. The molecule has 1 aliphatic carbocycles. The van der Waals surface area contributed by atoms with Crippen LogP contribution in [0.2, 0.25) is 0 Å². The van der Waals surface area contributed by atoms with Gasteiger partial charge in [-0.2, -0.15) is 0 Å². The highest BCUT2D eigenvalue weighted by molar-refractivity contribution is 5.45. The van der Waals surface area contributed by atoms with E-state index in [0.29, 0.717) is 5.75 Å². The molecule has 2 nitrogen and oxygen atoms in total. The SMILES string of the molecule is Cc1cc(C2(c3ccccc3)CCC(O)C(C)C2)ccc1O. The van der Waals surface area contributed by atoms with Gasteiger partial charge in [-0.05, 0) is 54.9 Å². The van der Waals surface area contributed by atoms with Crippen LogP contribution in [0.3, 0.4) is 0 Å². The largest absolute Gasteiger partial charge is 0.508 e. The third-order valence-corrected chi connectivity index (χ3v) is 5.27. The lowest BCUT2D eigenvalue weighted by molar-refractivity contribution is 0.0547. The Labute approximate surface area is 132 Å². The number of aliphatic hydroxyl groups is 1. The van der Waals surface area contributed by atoms with Crippen molar-refractivity contribution in [3.63, 3.8) is 0 Å². The number of rotatable bonds is 2. The van der Waals surface area contributed by atoms with E-state index < -0.39 is 0 Å². The summed E-state index contributed by atoms with van der Waals surface area (Å²) in [5, 5.41) is 20.0. The van der Waals surface area contributed by atoms with Crippen LogP contribution in [-0.2, 0) is 5.41 Å². The van der Waals surface area contributed by atoms with E-state index in [-0.39, 0.29) is 17.4 Å². The number of aliphatic hydroxyl groups excluding tert-OH is 1. The zero-order chi connectivity index (χ0) is 15.7. The number of hydrogen-bond donors (Lipinski definition) is 2. The molecule has 0 aliphatic heterocycles. The van der Waals surface area contributed by atoms with E-state index in [4.69, 9.17) is 0 Å². The van der Waals surface area contributed by atoms with Crippen molar-refractivity contribution in [2.75, 3.05) is 0 Å². The Morgan fingerprint density at radius 2 is 1.77 bits per heavy atom. The van der Waals surface area contributed by atoms with E-state index in [1.165, 1.54) is 11.1 Å². The van der Waals surface area contributed by atoms with Gasteiger partial charge in [0, 0.05) is 5.41 Å². The number of aryl methyl sites for hydroxylation is 1. The summed E-state index contributed by atoms with van der Waals surface area (Å²) in [7, 11) is 0. The zero-order valence-electron chi connectivity index (χ0n) is 13.3. The van der Waals surface area contributed by atoms with Gasteiger partial charge in [-0.25, -0.2) is 0 Å². The van der Waals surface area contributed by atoms with Gasteiger partial charge in [-0.15, -0.1) is 0 Å². The summed E-state index contributed by atoms with van der Waals surface area (Å²) >= 11 is 0. The maximum absolute atomic E-state index is 10.2. The molecular weight excluding hydrogens is 272 g/mol. The lowest BCUT2D eigenvalue weighted by Crippen LogP contribution is -2.39. The fraction of sp³-hybridized carbons (Fsp3) is 0.400. The average Bonchev–Trinajstić information content (AvgIpc) is 2.54. The van der Waals surface area contributed by atoms with Crippen molar-refractivity contribution >= 4 is 0 Å². The van der Waals surface area contributed by atoms with Gasteiger partial charge in [0.1, 0.15) is 5.75 Å². The van der Waals surface area contributed by atoms with Gasteiger partial charge in [0.25, 0.3) is 0 Å².